The third-order valence-corrected chi connectivity index (χ3v) is 5.53. The summed E-state index contributed by atoms with van der Waals surface area (Å²) < 4.78 is 2.38. The van der Waals surface area contributed by atoms with Crippen LogP contribution in [0.5, 0.6) is 0 Å². The van der Waals surface area contributed by atoms with Gasteiger partial charge >= 0.3 is 0 Å². The maximum Gasteiger partial charge on any atom is 0.204 e. The molecule has 5 nitrogen and oxygen atoms in total. The molecule has 2 aromatic heterocycles. The largest absolute Gasteiger partial charge is 0.336 e. The second kappa shape index (κ2) is 6.27. The molecule has 0 bridgehead atoms. The van der Waals surface area contributed by atoms with E-state index in [0.29, 0.717) is 5.82 Å². The van der Waals surface area contributed by atoms with Gasteiger partial charge in [-0.15, -0.1) is 10.2 Å². The van der Waals surface area contributed by atoms with Gasteiger partial charge in [-0.2, -0.15) is 5.21 Å². The summed E-state index contributed by atoms with van der Waals surface area (Å²) in [5.74, 6) is 0.610. The second-order valence-corrected chi connectivity index (χ2v) is 7.25. The summed E-state index contributed by atoms with van der Waals surface area (Å²) in [5.41, 5.74) is 4.67. The zero-order chi connectivity index (χ0) is 19.2. The van der Waals surface area contributed by atoms with Crippen LogP contribution in [0.1, 0.15) is 5.56 Å². The molecule has 0 aliphatic rings. The van der Waals surface area contributed by atoms with Gasteiger partial charge in [-0.05, 0) is 51.9 Å². The van der Waals surface area contributed by atoms with Gasteiger partial charge in [0.15, 0.2) is 0 Å². The van der Waals surface area contributed by atoms with Gasteiger partial charge in [0, 0.05) is 33.9 Å². The van der Waals surface area contributed by atoms with Crippen LogP contribution in [0.25, 0.3) is 44.0 Å². The molecule has 2 heterocycles. The molecule has 6 aromatic rings. The van der Waals surface area contributed by atoms with Crippen molar-refractivity contribution in [1.29, 1.82) is 0 Å². The standard InChI is InChI=1S/C24H17N5/c1-2-6-18-13-16(9-10-17(18)5-1)15-29-22-8-4-3-7-20(22)21-14-19(11-12-23(21)29)24-25-27-28-26-24/h1-14H,15H2,(H,25,26,27,28). The van der Waals surface area contributed by atoms with E-state index in [1.165, 1.54) is 38.1 Å². The number of fused-ring (bicyclic) bond motifs is 4. The molecule has 4 aromatic carbocycles. The van der Waals surface area contributed by atoms with Crippen LogP contribution >= 0.6 is 0 Å². The topological polar surface area (TPSA) is 59.4 Å². The lowest BCUT2D eigenvalue weighted by atomic mass is 10.1. The maximum atomic E-state index is 4.12. The fraction of sp³-hybridized carbons (Fsp3) is 0.0417. The van der Waals surface area contributed by atoms with Crippen molar-refractivity contribution in [3.05, 3.63) is 90.5 Å². The molecular formula is C24H17N5. The number of hydrogen-bond donors (Lipinski definition) is 1. The number of aromatic nitrogens is 5. The number of nitrogens with one attached hydrogen (secondary N) is 1. The van der Waals surface area contributed by atoms with Gasteiger partial charge in [0.25, 0.3) is 0 Å². The number of tetrazole rings is 1. The molecule has 29 heavy (non-hydrogen) atoms. The van der Waals surface area contributed by atoms with Crippen LogP contribution in [0.4, 0.5) is 0 Å². The minimum Gasteiger partial charge on any atom is -0.336 e. The number of hydrogen-bond acceptors (Lipinski definition) is 3. The summed E-state index contributed by atoms with van der Waals surface area (Å²) in [6, 6.07) is 30.1. The SMILES string of the molecule is c1ccc2cc(Cn3c4ccccc4c4cc(-c5nn[nH]n5)ccc43)ccc2c1. The van der Waals surface area contributed by atoms with Crippen molar-refractivity contribution in [2.24, 2.45) is 0 Å². The monoisotopic (exact) mass is 375 g/mol. The fourth-order valence-corrected chi connectivity index (χ4v) is 4.17. The molecule has 0 aliphatic carbocycles. The molecule has 0 atom stereocenters. The van der Waals surface area contributed by atoms with E-state index in [4.69, 9.17) is 0 Å². The highest BCUT2D eigenvalue weighted by Gasteiger charge is 2.13. The van der Waals surface area contributed by atoms with Crippen LogP contribution < -0.4 is 0 Å². The average Bonchev–Trinajstić information content (AvgIpc) is 3.41. The van der Waals surface area contributed by atoms with Crippen LogP contribution in [-0.2, 0) is 6.54 Å². The molecule has 6 rings (SSSR count). The fourth-order valence-electron chi connectivity index (χ4n) is 4.17. The lowest BCUT2D eigenvalue weighted by molar-refractivity contribution is 0.870. The van der Waals surface area contributed by atoms with E-state index in [9.17, 15) is 0 Å². The van der Waals surface area contributed by atoms with Crippen LogP contribution in [0.3, 0.4) is 0 Å². The maximum absolute atomic E-state index is 4.12. The molecule has 0 aliphatic heterocycles. The Morgan fingerprint density at radius 2 is 1.55 bits per heavy atom. The van der Waals surface area contributed by atoms with Crippen molar-refractivity contribution >= 4 is 32.6 Å². The summed E-state index contributed by atoms with van der Waals surface area (Å²) in [5, 5.41) is 19.4. The highest BCUT2D eigenvalue weighted by atomic mass is 15.5. The predicted octanol–water partition coefficient (Wildman–Crippen LogP) is 5.18. The third kappa shape index (κ3) is 2.59. The van der Waals surface area contributed by atoms with E-state index in [1.54, 1.807) is 0 Å². The molecule has 0 amide bonds. The van der Waals surface area contributed by atoms with Gasteiger partial charge in [0.2, 0.25) is 5.82 Å². The average molecular weight is 375 g/mol. The Balaban J connectivity index is 1.54. The lowest BCUT2D eigenvalue weighted by Gasteiger charge is -2.09. The first-order valence-corrected chi connectivity index (χ1v) is 9.59. The molecule has 138 valence electrons. The van der Waals surface area contributed by atoms with E-state index in [0.717, 1.165) is 12.1 Å². The van der Waals surface area contributed by atoms with Crippen molar-refractivity contribution in [3.63, 3.8) is 0 Å². The molecule has 5 heteroatoms. The smallest absolute Gasteiger partial charge is 0.204 e. The molecule has 0 spiro atoms. The van der Waals surface area contributed by atoms with Gasteiger partial charge < -0.3 is 4.57 Å². The van der Waals surface area contributed by atoms with Gasteiger partial charge in [0.1, 0.15) is 0 Å². The van der Waals surface area contributed by atoms with Crippen molar-refractivity contribution in [2.45, 2.75) is 6.54 Å². The van der Waals surface area contributed by atoms with E-state index in [-0.39, 0.29) is 0 Å². The first-order chi connectivity index (χ1) is 14.4. The highest BCUT2D eigenvalue weighted by Crippen LogP contribution is 2.32. The van der Waals surface area contributed by atoms with Crippen molar-refractivity contribution in [3.8, 4) is 11.4 Å². The zero-order valence-electron chi connectivity index (χ0n) is 15.6. The predicted molar refractivity (Wildman–Crippen MR) is 116 cm³/mol. The molecule has 0 saturated heterocycles. The van der Waals surface area contributed by atoms with Crippen molar-refractivity contribution < 1.29 is 0 Å². The van der Waals surface area contributed by atoms with E-state index < -0.39 is 0 Å². The van der Waals surface area contributed by atoms with Gasteiger partial charge in [-0.1, -0.05) is 54.6 Å². The lowest BCUT2D eigenvalue weighted by Crippen LogP contribution is -1.99. The minimum atomic E-state index is 0.610. The van der Waals surface area contributed by atoms with Crippen molar-refractivity contribution in [2.75, 3.05) is 0 Å². The van der Waals surface area contributed by atoms with Crippen molar-refractivity contribution in [1.82, 2.24) is 25.2 Å². The zero-order valence-corrected chi connectivity index (χ0v) is 15.6. The summed E-state index contributed by atoms with van der Waals surface area (Å²) >= 11 is 0. The van der Waals surface area contributed by atoms with E-state index in [2.05, 4.69) is 110 Å². The van der Waals surface area contributed by atoms with Crippen LogP contribution in [0, 0.1) is 0 Å². The minimum absolute atomic E-state index is 0.610. The second-order valence-electron chi connectivity index (χ2n) is 7.25. The van der Waals surface area contributed by atoms with Gasteiger partial charge in [0.05, 0.1) is 0 Å². The number of H-pyrrole nitrogens is 1. The summed E-state index contributed by atoms with van der Waals surface area (Å²) in [7, 11) is 0. The first-order valence-electron chi connectivity index (χ1n) is 9.59. The first kappa shape index (κ1) is 16.0. The molecule has 0 radical (unpaired) electrons. The number of benzene rings is 4. The Hall–Kier alpha value is -3.99. The normalized spacial score (nSPS) is 11.6. The number of para-hydroxylation sites is 1. The number of nitrogens with zero attached hydrogens (tertiary/aromatic N) is 4. The van der Waals surface area contributed by atoms with Crippen LogP contribution in [-0.4, -0.2) is 25.2 Å². The molecular weight excluding hydrogens is 358 g/mol. The number of aromatic amines is 1. The molecule has 0 fully saturated rings. The summed E-state index contributed by atoms with van der Waals surface area (Å²) in [6.45, 7) is 0.816. The van der Waals surface area contributed by atoms with Crippen LogP contribution in [0.2, 0.25) is 0 Å². The van der Waals surface area contributed by atoms with E-state index in [1.807, 2.05) is 0 Å². The molecule has 0 saturated carbocycles. The van der Waals surface area contributed by atoms with Gasteiger partial charge in [-0.3, -0.25) is 0 Å². The summed E-state index contributed by atoms with van der Waals surface area (Å²) in [4.78, 5) is 0. The van der Waals surface area contributed by atoms with Gasteiger partial charge in [-0.25, -0.2) is 0 Å². The Kier molecular flexibility index (Phi) is 3.46. The Morgan fingerprint density at radius 3 is 2.45 bits per heavy atom. The Bertz CT molecular complexity index is 1480. The molecule has 1 N–H and O–H groups in total. The Morgan fingerprint density at radius 1 is 0.724 bits per heavy atom. The molecule has 0 unspecified atom stereocenters. The Labute approximate surface area is 166 Å². The van der Waals surface area contributed by atoms with E-state index >= 15 is 0 Å². The highest BCUT2D eigenvalue weighted by molar-refractivity contribution is 6.09. The van der Waals surface area contributed by atoms with Crippen LogP contribution in [0.15, 0.2) is 84.9 Å². The summed E-state index contributed by atoms with van der Waals surface area (Å²) in [6.07, 6.45) is 0. The quantitative estimate of drug-likeness (QED) is 0.464. The number of rotatable bonds is 3. The third-order valence-electron chi connectivity index (χ3n) is 5.53.